The van der Waals surface area contributed by atoms with Crippen molar-refractivity contribution >= 4 is 50.3 Å². The molecule has 2 amide bonds. The van der Waals surface area contributed by atoms with Crippen molar-refractivity contribution in [2.45, 2.75) is 44.7 Å². The van der Waals surface area contributed by atoms with E-state index in [-0.39, 0.29) is 27.4 Å². The number of oxime groups is 1. The van der Waals surface area contributed by atoms with E-state index in [1.54, 1.807) is 0 Å². The van der Waals surface area contributed by atoms with E-state index >= 15 is 0 Å². The number of carbonyl (C=O) groups excluding carboxylic acids is 2. The number of amides is 2. The first-order valence-electron chi connectivity index (χ1n) is 9.57. The third-order valence-electron chi connectivity index (χ3n) is 4.69. The Bertz CT molecular complexity index is 1290. The van der Waals surface area contributed by atoms with Gasteiger partial charge >= 0.3 is 16.3 Å². The van der Waals surface area contributed by atoms with Crippen LogP contribution in [0.3, 0.4) is 0 Å². The molecule has 19 heteroatoms. The second kappa shape index (κ2) is 9.52. The molecule has 3 heterocycles. The van der Waals surface area contributed by atoms with Crippen molar-refractivity contribution in [3.05, 3.63) is 23.0 Å². The van der Waals surface area contributed by atoms with Crippen molar-refractivity contribution in [3.8, 4) is 0 Å². The van der Waals surface area contributed by atoms with Gasteiger partial charge in [0, 0.05) is 5.38 Å². The highest BCUT2D eigenvalue weighted by Crippen LogP contribution is 2.25. The largest absolute Gasteiger partial charge is 0.478 e. The molecule has 1 saturated heterocycles. The van der Waals surface area contributed by atoms with Gasteiger partial charge in [-0.1, -0.05) is 10.4 Å². The normalized spacial score (nSPS) is 18.8. The molecule has 1 fully saturated rings. The summed E-state index contributed by atoms with van der Waals surface area (Å²) in [5, 5.41) is 32.9. The van der Waals surface area contributed by atoms with Gasteiger partial charge in [0.15, 0.2) is 10.8 Å². The summed E-state index contributed by atoms with van der Waals surface area (Å²) in [5.41, 5.74) is 3.29. The highest BCUT2D eigenvalue weighted by Gasteiger charge is 2.54. The lowest BCUT2D eigenvalue weighted by molar-refractivity contribution is -0.161. The van der Waals surface area contributed by atoms with Crippen LogP contribution in [-0.4, -0.2) is 88.6 Å². The third-order valence-corrected chi connectivity index (χ3v) is 6.31. The molecule has 2 atom stereocenters. The maximum atomic E-state index is 13.0. The first kappa shape index (κ1) is 25.9. The first-order valence-corrected chi connectivity index (χ1v) is 11.8. The Morgan fingerprint density at radius 2 is 2.09 bits per heavy atom. The molecular weight excluding hydrogens is 512 g/mol. The lowest BCUT2D eigenvalue weighted by Gasteiger charge is -2.43. The number of rotatable bonds is 10. The van der Waals surface area contributed by atoms with Crippen LogP contribution in [-0.2, 0) is 42.7 Å². The third kappa shape index (κ3) is 5.53. The van der Waals surface area contributed by atoms with Crippen molar-refractivity contribution in [3.63, 3.8) is 0 Å². The quantitative estimate of drug-likeness (QED) is 0.0926. The van der Waals surface area contributed by atoms with Gasteiger partial charge in [0.2, 0.25) is 5.60 Å². The van der Waals surface area contributed by atoms with Crippen molar-refractivity contribution in [1.82, 2.24) is 29.6 Å². The summed E-state index contributed by atoms with van der Waals surface area (Å²) in [6.07, 6.45) is 1.27. The highest BCUT2D eigenvalue weighted by atomic mass is 32.2. The topological polar surface area (TPSA) is 253 Å². The van der Waals surface area contributed by atoms with E-state index in [4.69, 9.17) is 15.7 Å². The fourth-order valence-electron chi connectivity index (χ4n) is 2.84. The molecule has 0 unspecified atom stereocenters. The van der Waals surface area contributed by atoms with Gasteiger partial charge in [-0.05, 0) is 13.8 Å². The van der Waals surface area contributed by atoms with Crippen LogP contribution in [0, 0.1) is 0 Å². The molecule has 0 radical (unpaired) electrons. The van der Waals surface area contributed by atoms with Crippen LogP contribution in [0.2, 0.25) is 0 Å². The van der Waals surface area contributed by atoms with Gasteiger partial charge < -0.3 is 26.1 Å². The van der Waals surface area contributed by atoms with Gasteiger partial charge in [-0.15, -0.1) is 16.4 Å². The van der Waals surface area contributed by atoms with Gasteiger partial charge in [-0.3, -0.25) is 14.1 Å². The molecule has 2 aromatic rings. The number of carbonyl (C=O) groups is 3. The summed E-state index contributed by atoms with van der Waals surface area (Å²) in [7, 11) is -4.99. The molecular formula is C16H20N8O9S2. The fraction of sp³-hybridized carbons (Fsp3) is 0.438. The molecule has 2 aromatic heterocycles. The number of carboxylic acids is 1. The standard InChI is InChI=1S/C16H20N8O9S2/c1-16(2,14(28)29)33-21-10(8-6-34-15(17)18-8)12(26)19-11-9(24(13(11)27)35(30,31)32)4-23-3-7(5-25)20-22-23/h3,6,9,11,25H,4-5H2,1-2H3,(H2,17,18)(H,19,26)(H,28,29)(H,30,31,32)/b21-10-/t9-,11+/m1/s1. The zero-order valence-corrected chi connectivity index (χ0v) is 19.7. The van der Waals surface area contributed by atoms with Gasteiger partial charge in [-0.25, -0.2) is 18.8 Å². The summed E-state index contributed by atoms with van der Waals surface area (Å²) in [4.78, 5) is 45.7. The summed E-state index contributed by atoms with van der Waals surface area (Å²) < 4.78 is 34.1. The number of nitrogens with zero attached hydrogens (tertiary/aromatic N) is 6. The number of hydrogen-bond donors (Lipinski definition) is 5. The number of aliphatic carboxylic acids is 1. The maximum absolute atomic E-state index is 13.0. The fourth-order valence-corrected chi connectivity index (χ4v) is 4.26. The second-order valence-corrected chi connectivity index (χ2v) is 9.82. The number of nitrogens with two attached hydrogens (primary N) is 1. The Kier molecular flexibility index (Phi) is 7.06. The number of anilines is 1. The van der Waals surface area contributed by atoms with E-state index in [1.165, 1.54) is 25.4 Å². The summed E-state index contributed by atoms with van der Waals surface area (Å²) >= 11 is 0.947. The van der Waals surface area contributed by atoms with Crippen molar-refractivity contribution in [1.29, 1.82) is 0 Å². The van der Waals surface area contributed by atoms with E-state index in [1.807, 2.05) is 0 Å². The summed E-state index contributed by atoms with van der Waals surface area (Å²) in [6.45, 7) is 1.58. The van der Waals surface area contributed by atoms with Crippen LogP contribution in [0.25, 0.3) is 0 Å². The zero-order chi connectivity index (χ0) is 26.1. The number of aliphatic hydroxyl groups is 1. The SMILES string of the molecule is CC(C)(O/N=C(\C(=O)N[C@@H]1C(=O)N(S(=O)(=O)O)[C@@H]1Cn1cc(CO)nn1)c1csc(N)n1)C(=O)O. The molecule has 3 rings (SSSR count). The summed E-state index contributed by atoms with van der Waals surface area (Å²) in [5.74, 6) is -3.60. The molecule has 0 saturated carbocycles. The minimum Gasteiger partial charge on any atom is -0.478 e. The van der Waals surface area contributed by atoms with Crippen LogP contribution in [0.4, 0.5) is 5.13 Å². The molecule has 6 N–H and O–H groups in total. The van der Waals surface area contributed by atoms with Crippen LogP contribution >= 0.6 is 11.3 Å². The lowest BCUT2D eigenvalue weighted by atomic mass is 9.98. The zero-order valence-electron chi connectivity index (χ0n) is 18.1. The number of β-lactam (4-membered cyclic amide) rings is 1. The Labute approximate surface area is 201 Å². The number of nitrogen functional groups attached to an aromatic ring is 1. The van der Waals surface area contributed by atoms with E-state index in [0.717, 1.165) is 16.0 Å². The van der Waals surface area contributed by atoms with Crippen LogP contribution in [0.5, 0.6) is 0 Å². The van der Waals surface area contributed by atoms with Gasteiger partial charge in [0.1, 0.15) is 17.4 Å². The van der Waals surface area contributed by atoms with E-state index < -0.39 is 58.1 Å². The van der Waals surface area contributed by atoms with E-state index in [2.05, 4.69) is 25.8 Å². The molecule has 0 bridgehead atoms. The van der Waals surface area contributed by atoms with Crippen LogP contribution < -0.4 is 11.1 Å². The predicted octanol–water partition coefficient (Wildman–Crippen LogP) is -2.41. The number of thiazole rings is 1. The van der Waals surface area contributed by atoms with Crippen LogP contribution in [0.1, 0.15) is 25.2 Å². The first-order chi connectivity index (χ1) is 16.2. The van der Waals surface area contributed by atoms with Gasteiger partial charge in [0.25, 0.3) is 11.8 Å². The van der Waals surface area contributed by atoms with Crippen LogP contribution in [0.15, 0.2) is 16.7 Å². The number of hydrogen-bond acceptors (Lipinski definition) is 13. The monoisotopic (exact) mass is 532 g/mol. The number of carboxylic acid groups (broad SMARTS) is 1. The van der Waals surface area contributed by atoms with Crippen molar-refractivity contribution in [2.24, 2.45) is 5.16 Å². The smallest absolute Gasteiger partial charge is 0.362 e. The second-order valence-electron chi connectivity index (χ2n) is 7.64. The molecule has 35 heavy (non-hydrogen) atoms. The average molecular weight is 533 g/mol. The maximum Gasteiger partial charge on any atom is 0.362 e. The molecule has 0 aliphatic carbocycles. The number of aliphatic hydroxyl groups excluding tert-OH is 1. The molecule has 0 spiro atoms. The van der Waals surface area contributed by atoms with Crippen molar-refractivity contribution < 1.29 is 42.4 Å². The molecule has 17 nitrogen and oxygen atoms in total. The molecule has 1 aliphatic heterocycles. The Morgan fingerprint density at radius 1 is 1.40 bits per heavy atom. The summed E-state index contributed by atoms with van der Waals surface area (Å²) in [6, 6.07) is -2.80. The minimum atomic E-state index is -4.99. The highest BCUT2D eigenvalue weighted by molar-refractivity contribution is 7.84. The Morgan fingerprint density at radius 3 is 2.60 bits per heavy atom. The van der Waals surface area contributed by atoms with E-state index in [0.29, 0.717) is 0 Å². The predicted molar refractivity (Wildman–Crippen MR) is 116 cm³/mol. The molecule has 0 aromatic carbocycles. The Balaban J connectivity index is 1.89. The lowest BCUT2D eigenvalue weighted by Crippen LogP contribution is -2.73. The van der Waals surface area contributed by atoms with Gasteiger partial charge in [0.05, 0.1) is 25.4 Å². The van der Waals surface area contributed by atoms with Gasteiger partial charge in [-0.2, -0.15) is 8.42 Å². The molecule has 190 valence electrons. The van der Waals surface area contributed by atoms with E-state index in [9.17, 15) is 32.5 Å². The minimum absolute atomic E-state index is 0.0546. The average Bonchev–Trinajstić information content (AvgIpc) is 3.39. The number of nitrogens with one attached hydrogen (secondary N) is 1. The Hall–Kier alpha value is -3.68. The van der Waals surface area contributed by atoms with Crippen molar-refractivity contribution in [2.75, 3.05) is 5.73 Å². The number of aromatic nitrogens is 4. The molecule has 1 aliphatic rings.